The maximum atomic E-state index is 11.2. The van der Waals surface area contributed by atoms with E-state index in [0.29, 0.717) is 23.7 Å². The van der Waals surface area contributed by atoms with Crippen molar-refractivity contribution in [3.8, 4) is 0 Å². The zero-order chi connectivity index (χ0) is 27.5. The molecule has 2 heterocycles. The first-order valence-electron chi connectivity index (χ1n) is 15.6. The third kappa shape index (κ3) is 4.61. The quantitative estimate of drug-likeness (QED) is 0.405. The van der Waals surface area contributed by atoms with Crippen LogP contribution in [0, 0.1) is 28.6 Å². The molecule has 0 amide bonds. The molecular formula is C36H45NO3. The maximum absolute atomic E-state index is 11.2. The van der Waals surface area contributed by atoms with Crippen LogP contribution in [0.1, 0.15) is 94.9 Å². The average Bonchev–Trinajstić information content (AvgIpc) is 3.27. The molecule has 6 atom stereocenters. The Labute approximate surface area is 239 Å². The van der Waals surface area contributed by atoms with Gasteiger partial charge < -0.3 is 14.6 Å². The first kappa shape index (κ1) is 26.6. The third-order valence-corrected chi connectivity index (χ3v) is 11.2. The second kappa shape index (κ2) is 9.93. The molecule has 212 valence electrons. The molecule has 6 unspecified atom stereocenters. The lowest BCUT2D eigenvalue weighted by atomic mass is 9.52. The molecule has 4 nitrogen and oxygen atoms in total. The van der Waals surface area contributed by atoms with Crippen LogP contribution in [0.3, 0.4) is 0 Å². The van der Waals surface area contributed by atoms with Crippen molar-refractivity contribution in [2.45, 2.75) is 89.9 Å². The van der Waals surface area contributed by atoms with Crippen molar-refractivity contribution in [1.29, 1.82) is 0 Å². The van der Waals surface area contributed by atoms with Crippen LogP contribution < -0.4 is 0 Å². The molecule has 7 rings (SSSR count). The Bertz CT molecular complexity index is 1290. The molecule has 40 heavy (non-hydrogen) atoms. The smallest absolute Gasteiger partial charge is 0.169 e. The van der Waals surface area contributed by atoms with Gasteiger partial charge in [-0.25, -0.2) is 0 Å². The van der Waals surface area contributed by atoms with Crippen molar-refractivity contribution >= 4 is 12.2 Å². The number of ether oxygens (including phenoxy) is 2. The van der Waals surface area contributed by atoms with E-state index in [1.165, 1.54) is 30.4 Å². The van der Waals surface area contributed by atoms with Gasteiger partial charge in [0.1, 0.15) is 0 Å². The highest BCUT2D eigenvalue weighted by atomic mass is 16.7. The molecule has 3 saturated carbocycles. The zero-order valence-electron chi connectivity index (χ0n) is 24.4. The molecule has 4 fully saturated rings. The van der Waals surface area contributed by atoms with Crippen molar-refractivity contribution in [3.63, 3.8) is 0 Å². The Morgan fingerprint density at radius 1 is 0.900 bits per heavy atom. The topological polar surface area (TPSA) is 51.6 Å². The summed E-state index contributed by atoms with van der Waals surface area (Å²) in [7, 11) is 0. The van der Waals surface area contributed by atoms with Crippen LogP contribution in [0.4, 0.5) is 0 Å². The highest BCUT2D eigenvalue weighted by Crippen LogP contribution is 2.65. The zero-order valence-corrected chi connectivity index (χ0v) is 24.4. The lowest BCUT2D eigenvalue weighted by molar-refractivity contribution is -0.312. The van der Waals surface area contributed by atoms with Gasteiger partial charge in [-0.2, -0.15) is 0 Å². The number of pyridine rings is 1. The van der Waals surface area contributed by atoms with Crippen LogP contribution >= 0.6 is 0 Å². The van der Waals surface area contributed by atoms with Gasteiger partial charge in [0.15, 0.2) is 5.79 Å². The second-order valence-electron chi connectivity index (χ2n) is 14.4. The Morgan fingerprint density at radius 3 is 2.45 bits per heavy atom. The van der Waals surface area contributed by atoms with Crippen molar-refractivity contribution in [2.24, 2.45) is 28.6 Å². The van der Waals surface area contributed by atoms with Gasteiger partial charge in [-0.05, 0) is 91.0 Å². The maximum Gasteiger partial charge on any atom is 0.169 e. The molecule has 1 aromatic heterocycles. The molecule has 4 heteroatoms. The fourth-order valence-electron chi connectivity index (χ4n) is 9.00. The van der Waals surface area contributed by atoms with Gasteiger partial charge in [-0.15, -0.1) is 0 Å². The molecule has 1 aliphatic heterocycles. The predicted octanol–water partition coefficient (Wildman–Crippen LogP) is 7.79. The van der Waals surface area contributed by atoms with E-state index < -0.39 is 0 Å². The third-order valence-electron chi connectivity index (χ3n) is 11.2. The van der Waals surface area contributed by atoms with E-state index in [1.807, 2.05) is 24.4 Å². The number of fused-ring (bicyclic) bond motifs is 4. The van der Waals surface area contributed by atoms with E-state index in [9.17, 15) is 5.11 Å². The summed E-state index contributed by atoms with van der Waals surface area (Å²) in [6.45, 7) is 8.44. The predicted molar refractivity (Wildman–Crippen MR) is 159 cm³/mol. The molecule has 2 aromatic rings. The van der Waals surface area contributed by atoms with E-state index in [4.69, 9.17) is 9.47 Å². The number of hydrogen-bond donors (Lipinski definition) is 1. The average molecular weight is 540 g/mol. The summed E-state index contributed by atoms with van der Waals surface area (Å²) in [5.41, 5.74) is 7.13. The fourth-order valence-corrected chi connectivity index (χ4v) is 9.00. The number of aliphatic hydroxyl groups is 1. The monoisotopic (exact) mass is 539 g/mol. The van der Waals surface area contributed by atoms with Gasteiger partial charge in [0.2, 0.25) is 0 Å². The summed E-state index contributed by atoms with van der Waals surface area (Å²) in [6.07, 6.45) is 14.6. The van der Waals surface area contributed by atoms with Crippen LogP contribution in [-0.2, 0) is 9.47 Å². The van der Waals surface area contributed by atoms with Crippen molar-refractivity contribution in [2.75, 3.05) is 13.2 Å². The fraction of sp³-hybridized carbons (Fsp3) is 0.583. The normalized spacial score (nSPS) is 36.4. The SMILES string of the molecule is CC1(C)COC2(CCC3=C4C(c5ccc(/C=C/c6ccccn6)cc5)CC5(C)C(O)CCC5C4CCC3C2)OC1. The Kier molecular flexibility index (Phi) is 6.61. The number of benzene rings is 1. The molecule has 0 bridgehead atoms. The van der Waals surface area contributed by atoms with E-state index in [0.717, 1.165) is 51.0 Å². The van der Waals surface area contributed by atoms with Crippen LogP contribution in [-0.4, -0.2) is 35.2 Å². The van der Waals surface area contributed by atoms with E-state index in [2.05, 4.69) is 62.2 Å². The van der Waals surface area contributed by atoms with Crippen LogP contribution in [0.15, 0.2) is 59.8 Å². The lowest BCUT2D eigenvalue weighted by Crippen LogP contribution is -2.52. The van der Waals surface area contributed by atoms with Gasteiger partial charge in [0, 0.05) is 30.4 Å². The summed E-state index contributed by atoms with van der Waals surface area (Å²) in [5, 5.41) is 11.2. The van der Waals surface area contributed by atoms with E-state index >= 15 is 0 Å². The number of hydrogen-bond acceptors (Lipinski definition) is 4. The molecule has 0 radical (unpaired) electrons. The lowest BCUT2D eigenvalue weighted by Gasteiger charge is -2.55. The summed E-state index contributed by atoms with van der Waals surface area (Å²) < 4.78 is 13.0. The van der Waals surface area contributed by atoms with E-state index in [-0.39, 0.29) is 22.7 Å². The van der Waals surface area contributed by atoms with Crippen LogP contribution in [0.25, 0.3) is 12.2 Å². The van der Waals surface area contributed by atoms with Gasteiger partial charge in [0.25, 0.3) is 0 Å². The van der Waals surface area contributed by atoms with Gasteiger partial charge in [-0.1, -0.05) is 68.3 Å². The molecular weight excluding hydrogens is 494 g/mol. The standard InChI is InChI=1S/C36H45NO3/c1-34(2)22-39-36(40-23-34)18-17-28-26(20-36)12-14-29-31-15-16-32(38)35(31,3)21-30(33(28)29)25-10-7-24(8-11-25)9-13-27-6-4-5-19-37-27/h4-11,13,19,26,29-32,38H,12,14-18,20-23H2,1-3H3/b13-9+. The molecule has 5 aliphatic rings. The van der Waals surface area contributed by atoms with Gasteiger partial charge in [-0.3, -0.25) is 4.98 Å². The number of rotatable bonds is 3. The molecule has 1 N–H and O–H groups in total. The second-order valence-corrected chi connectivity index (χ2v) is 14.4. The Balaban J connectivity index is 1.21. The first-order chi connectivity index (χ1) is 19.3. The summed E-state index contributed by atoms with van der Waals surface area (Å²) >= 11 is 0. The minimum atomic E-state index is -0.388. The van der Waals surface area contributed by atoms with Crippen molar-refractivity contribution < 1.29 is 14.6 Å². The van der Waals surface area contributed by atoms with Crippen molar-refractivity contribution in [1.82, 2.24) is 4.98 Å². The van der Waals surface area contributed by atoms with Crippen molar-refractivity contribution in [3.05, 3.63) is 76.6 Å². The minimum absolute atomic E-state index is 0.000840. The molecule has 1 aromatic carbocycles. The van der Waals surface area contributed by atoms with Crippen LogP contribution in [0.5, 0.6) is 0 Å². The minimum Gasteiger partial charge on any atom is -0.393 e. The number of nitrogens with zero attached hydrogens (tertiary/aromatic N) is 1. The number of aromatic nitrogens is 1. The molecule has 1 spiro atoms. The van der Waals surface area contributed by atoms with Gasteiger partial charge >= 0.3 is 0 Å². The first-order valence-corrected chi connectivity index (χ1v) is 15.6. The highest BCUT2D eigenvalue weighted by molar-refractivity contribution is 5.68. The Hall–Kier alpha value is -2.27. The largest absolute Gasteiger partial charge is 0.393 e. The summed E-state index contributed by atoms with van der Waals surface area (Å²) in [4.78, 5) is 4.42. The van der Waals surface area contributed by atoms with Gasteiger partial charge in [0.05, 0.1) is 25.0 Å². The number of allylic oxidation sites excluding steroid dienone is 2. The number of aliphatic hydroxyl groups excluding tert-OH is 1. The van der Waals surface area contributed by atoms with E-state index in [1.54, 1.807) is 11.1 Å². The molecule has 4 aliphatic carbocycles. The van der Waals surface area contributed by atoms with Crippen LogP contribution in [0.2, 0.25) is 0 Å². The molecule has 1 saturated heterocycles. The summed E-state index contributed by atoms with van der Waals surface area (Å²) in [5.74, 6) is 1.74. The summed E-state index contributed by atoms with van der Waals surface area (Å²) in [6, 6.07) is 15.2. The Morgan fingerprint density at radius 2 is 1.70 bits per heavy atom. The highest BCUT2D eigenvalue weighted by Gasteiger charge is 2.57.